The number of guanidine groups is 1. The lowest BCUT2D eigenvalue weighted by atomic mass is 10.2. The molecular formula is C13H22FIN4. The van der Waals surface area contributed by atoms with Crippen LogP contribution in [0.1, 0.15) is 5.56 Å². The van der Waals surface area contributed by atoms with Crippen LogP contribution in [-0.4, -0.2) is 45.1 Å². The largest absolute Gasteiger partial charge is 0.359 e. The number of halogens is 2. The Hall–Kier alpha value is -0.890. The molecule has 0 heterocycles. The van der Waals surface area contributed by atoms with Crippen molar-refractivity contribution >= 4 is 29.9 Å². The maximum absolute atomic E-state index is 12.7. The first kappa shape index (κ1) is 18.1. The number of rotatable bonds is 5. The van der Waals surface area contributed by atoms with Crippen molar-refractivity contribution in [2.24, 2.45) is 4.99 Å². The summed E-state index contributed by atoms with van der Waals surface area (Å²) >= 11 is 0. The standard InChI is InChI=1S/C13H21FN4.HI/c1-15-13(16-2)17-8-9-18(3)10-11-4-6-12(14)7-5-11;/h4-7H,8-10H2,1-3H3,(H2,15,16,17);1H. The van der Waals surface area contributed by atoms with Crippen LogP contribution in [-0.2, 0) is 6.54 Å². The van der Waals surface area contributed by atoms with Crippen LogP contribution >= 0.6 is 24.0 Å². The van der Waals surface area contributed by atoms with E-state index in [1.807, 2.05) is 26.2 Å². The normalized spacial score (nSPS) is 11.1. The van der Waals surface area contributed by atoms with Crippen molar-refractivity contribution in [2.45, 2.75) is 6.54 Å². The molecule has 0 bridgehead atoms. The molecule has 4 nitrogen and oxygen atoms in total. The highest BCUT2D eigenvalue weighted by atomic mass is 127. The van der Waals surface area contributed by atoms with E-state index in [-0.39, 0.29) is 29.8 Å². The smallest absolute Gasteiger partial charge is 0.190 e. The quantitative estimate of drug-likeness (QED) is 0.464. The van der Waals surface area contributed by atoms with Gasteiger partial charge in [0, 0.05) is 33.7 Å². The Morgan fingerprint density at radius 3 is 2.47 bits per heavy atom. The van der Waals surface area contributed by atoms with Crippen LogP contribution in [0.3, 0.4) is 0 Å². The fraction of sp³-hybridized carbons (Fsp3) is 0.462. The van der Waals surface area contributed by atoms with Crippen LogP contribution in [0.5, 0.6) is 0 Å². The van der Waals surface area contributed by atoms with Gasteiger partial charge in [-0.15, -0.1) is 24.0 Å². The van der Waals surface area contributed by atoms with Gasteiger partial charge in [-0.2, -0.15) is 0 Å². The van der Waals surface area contributed by atoms with Crippen molar-refractivity contribution in [1.82, 2.24) is 15.5 Å². The van der Waals surface area contributed by atoms with E-state index in [4.69, 9.17) is 0 Å². The molecule has 0 saturated carbocycles. The van der Waals surface area contributed by atoms with Gasteiger partial charge in [0.25, 0.3) is 0 Å². The Morgan fingerprint density at radius 2 is 1.95 bits per heavy atom. The third-order valence-corrected chi connectivity index (χ3v) is 2.61. The van der Waals surface area contributed by atoms with Gasteiger partial charge in [0.2, 0.25) is 0 Å². The highest BCUT2D eigenvalue weighted by Crippen LogP contribution is 2.04. The summed E-state index contributed by atoms with van der Waals surface area (Å²) in [5.74, 6) is 0.589. The molecule has 108 valence electrons. The van der Waals surface area contributed by atoms with Crippen LogP contribution in [0.25, 0.3) is 0 Å². The zero-order chi connectivity index (χ0) is 13.4. The second kappa shape index (κ2) is 9.96. The van der Waals surface area contributed by atoms with Crippen LogP contribution in [0.15, 0.2) is 29.3 Å². The van der Waals surface area contributed by atoms with Crippen LogP contribution in [0, 0.1) is 5.82 Å². The summed E-state index contributed by atoms with van der Waals surface area (Å²) in [4.78, 5) is 6.20. The van der Waals surface area contributed by atoms with Gasteiger partial charge >= 0.3 is 0 Å². The number of aliphatic imine (C=N–C) groups is 1. The monoisotopic (exact) mass is 380 g/mol. The molecule has 0 aliphatic carbocycles. The van der Waals surface area contributed by atoms with E-state index in [9.17, 15) is 4.39 Å². The van der Waals surface area contributed by atoms with E-state index >= 15 is 0 Å². The molecule has 0 atom stereocenters. The Labute approximate surface area is 131 Å². The van der Waals surface area contributed by atoms with Gasteiger partial charge in [-0.25, -0.2) is 4.39 Å². The van der Waals surface area contributed by atoms with E-state index in [1.165, 1.54) is 12.1 Å². The molecule has 0 unspecified atom stereocenters. The molecule has 19 heavy (non-hydrogen) atoms. The molecule has 1 aromatic carbocycles. The van der Waals surface area contributed by atoms with Crippen molar-refractivity contribution in [3.05, 3.63) is 35.6 Å². The molecule has 0 aliphatic heterocycles. The van der Waals surface area contributed by atoms with Crippen molar-refractivity contribution in [1.29, 1.82) is 0 Å². The Morgan fingerprint density at radius 1 is 1.32 bits per heavy atom. The summed E-state index contributed by atoms with van der Waals surface area (Å²) in [7, 11) is 5.60. The fourth-order valence-corrected chi connectivity index (χ4v) is 1.62. The average Bonchev–Trinajstić information content (AvgIpc) is 2.37. The summed E-state index contributed by atoms with van der Waals surface area (Å²) < 4.78 is 12.7. The fourth-order valence-electron chi connectivity index (χ4n) is 1.62. The van der Waals surface area contributed by atoms with Crippen LogP contribution in [0.2, 0.25) is 0 Å². The zero-order valence-corrected chi connectivity index (χ0v) is 13.9. The lowest BCUT2D eigenvalue weighted by Gasteiger charge is -2.17. The Kier molecular flexibility index (Phi) is 9.50. The maximum Gasteiger partial charge on any atom is 0.190 e. The number of nitrogens with one attached hydrogen (secondary N) is 2. The molecule has 1 aromatic rings. The number of nitrogens with zero attached hydrogens (tertiary/aromatic N) is 2. The van der Waals surface area contributed by atoms with Crippen molar-refractivity contribution in [3.63, 3.8) is 0 Å². The van der Waals surface area contributed by atoms with Gasteiger partial charge in [-0.05, 0) is 24.7 Å². The molecular weight excluding hydrogens is 358 g/mol. The van der Waals surface area contributed by atoms with Gasteiger partial charge in [0.05, 0.1) is 0 Å². The third kappa shape index (κ3) is 7.31. The van der Waals surface area contributed by atoms with E-state index in [2.05, 4.69) is 20.5 Å². The van der Waals surface area contributed by atoms with Crippen LogP contribution < -0.4 is 10.6 Å². The van der Waals surface area contributed by atoms with Gasteiger partial charge in [-0.3, -0.25) is 4.99 Å². The van der Waals surface area contributed by atoms with Gasteiger partial charge < -0.3 is 15.5 Å². The van der Waals surface area contributed by atoms with Gasteiger partial charge in [0.15, 0.2) is 5.96 Å². The summed E-state index contributed by atoms with van der Waals surface area (Å²) in [5, 5.41) is 6.14. The SMILES string of the molecule is CN=C(NC)NCCN(C)Cc1ccc(F)cc1.I. The third-order valence-electron chi connectivity index (χ3n) is 2.61. The summed E-state index contributed by atoms with van der Waals surface area (Å²) in [6, 6.07) is 6.60. The van der Waals surface area contributed by atoms with Gasteiger partial charge in [0.1, 0.15) is 5.82 Å². The molecule has 0 saturated heterocycles. The summed E-state index contributed by atoms with van der Waals surface area (Å²) in [5.41, 5.74) is 1.11. The Bertz CT molecular complexity index is 381. The summed E-state index contributed by atoms with van der Waals surface area (Å²) in [6.45, 7) is 2.50. The Balaban J connectivity index is 0.00000324. The molecule has 0 fully saturated rings. The van der Waals surface area contributed by atoms with E-state index in [0.29, 0.717) is 0 Å². The molecule has 2 N–H and O–H groups in total. The van der Waals surface area contributed by atoms with Crippen LogP contribution in [0.4, 0.5) is 4.39 Å². The second-order valence-corrected chi connectivity index (χ2v) is 4.11. The number of hydrogen-bond acceptors (Lipinski definition) is 2. The minimum atomic E-state index is -0.194. The number of hydrogen-bond donors (Lipinski definition) is 2. The molecule has 0 spiro atoms. The molecule has 0 radical (unpaired) electrons. The lowest BCUT2D eigenvalue weighted by Crippen LogP contribution is -2.39. The number of benzene rings is 1. The molecule has 6 heteroatoms. The molecule has 0 aromatic heterocycles. The average molecular weight is 380 g/mol. The number of likely N-dealkylation sites (N-methyl/N-ethyl adjacent to an activating group) is 1. The first-order chi connectivity index (χ1) is 8.65. The minimum absolute atomic E-state index is 0. The first-order valence-corrected chi connectivity index (χ1v) is 5.97. The highest BCUT2D eigenvalue weighted by molar-refractivity contribution is 14.0. The first-order valence-electron chi connectivity index (χ1n) is 5.97. The van der Waals surface area contributed by atoms with Crippen molar-refractivity contribution in [2.75, 3.05) is 34.2 Å². The lowest BCUT2D eigenvalue weighted by molar-refractivity contribution is 0.331. The predicted octanol–water partition coefficient (Wildman–Crippen LogP) is 1.67. The summed E-state index contributed by atoms with van der Waals surface area (Å²) in [6.07, 6.45) is 0. The second-order valence-electron chi connectivity index (χ2n) is 4.11. The minimum Gasteiger partial charge on any atom is -0.359 e. The van der Waals surface area contributed by atoms with Crippen molar-refractivity contribution < 1.29 is 4.39 Å². The van der Waals surface area contributed by atoms with Gasteiger partial charge in [-0.1, -0.05) is 12.1 Å². The highest BCUT2D eigenvalue weighted by Gasteiger charge is 2.01. The van der Waals surface area contributed by atoms with E-state index in [1.54, 1.807) is 7.05 Å². The van der Waals surface area contributed by atoms with E-state index in [0.717, 1.165) is 31.2 Å². The molecule has 0 amide bonds. The maximum atomic E-state index is 12.7. The predicted molar refractivity (Wildman–Crippen MR) is 88.6 cm³/mol. The molecule has 1 rings (SSSR count). The topological polar surface area (TPSA) is 39.7 Å². The van der Waals surface area contributed by atoms with Crippen molar-refractivity contribution in [3.8, 4) is 0 Å². The molecule has 0 aliphatic rings. The van der Waals surface area contributed by atoms with E-state index < -0.39 is 0 Å². The zero-order valence-electron chi connectivity index (χ0n) is 11.6.